The highest BCUT2D eigenvalue weighted by Gasteiger charge is 1.98. The Bertz CT molecular complexity index is 334. The molecule has 0 aromatic heterocycles. The molecule has 0 aliphatic carbocycles. The minimum Gasteiger partial charge on any atom is -0.497 e. The second-order valence-corrected chi connectivity index (χ2v) is 3.06. The van der Waals surface area contributed by atoms with Crippen molar-refractivity contribution in [3.05, 3.63) is 22.7 Å². The van der Waals surface area contributed by atoms with Crippen molar-refractivity contribution in [3.8, 4) is 5.75 Å². The third-order valence-electron chi connectivity index (χ3n) is 1.32. The number of thiocarbonyl (C=S) groups is 1. The van der Waals surface area contributed by atoms with E-state index in [2.05, 4.69) is 38.3 Å². The molecule has 4 heteroatoms. The molecule has 0 amide bonds. The number of halogens is 1. The Morgan fingerprint density at radius 2 is 2.33 bits per heavy atom. The molecule has 0 unspecified atom stereocenters. The molecule has 62 valence electrons. The van der Waals surface area contributed by atoms with Crippen molar-refractivity contribution in [1.29, 1.82) is 0 Å². The van der Waals surface area contributed by atoms with Gasteiger partial charge in [-0.05, 0) is 46.3 Å². The summed E-state index contributed by atoms with van der Waals surface area (Å²) in [5.74, 6) is 0.783. The molecule has 0 radical (unpaired) electrons. The number of ether oxygens (including phenoxy) is 1. The molecule has 12 heavy (non-hydrogen) atoms. The van der Waals surface area contributed by atoms with Gasteiger partial charge in [-0.25, -0.2) is 0 Å². The highest BCUT2D eigenvalue weighted by Crippen LogP contribution is 2.28. The van der Waals surface area contributed by atoms with Gasteiger partial charge in [-0.3, -0.25) is 0 Å². The van der Waals surface area contributed by atoms with Crippen LogP contribution in [0.1, 0.15) is 0 Å². The average Bonchev–Trinajstić information content (AvgIpc) is 2.09. The highest BCUT2D eigenvalue weighted by molar-refractivity contribution is 9.10. The first kappa shape index (κ1) is 9.39. The molecule has 1 rings (SSSR count). The Kier molecular flexibility index (Phi) is 3.41. The first-order chi connectivity index (χ1) is 5.77. The summed E-state index contributed by atoms with van der Waals surface area (Å²) in [5, 5.41) is 2.30. The summed E-state index contributed by atoms with van der Waals surface area (Å²) in [5.41, 5.74) is 0.755. The Morgan fingerprint density at radius 1 is 1.58 bits per heavy atom. The maximum absolute atomic E-state index is 5.01. The van der Waals surface area contributed by atoms with Crippen LogP contribution in [-0.4, -0.2) is 12.3 Å². The molecular weight excluding hydrogens is 238 g/mol. The molecule has 0 aliphatic rings. The normalized spacial score (nSPS) is 8.83. The summed E-state index contributed by atoms with van der Waals surface area (Å²) in [7, 11) is 1.61. The fraction of sp³-hybridized carbons (Fsp3) is 0.125. The fourth-order valence-corrected chi connectivity index (χ4v) is 1.30. The molecule has 0 heterocycles. The quantitative estimate of drug-likeness (QED) is 0.588. The lowest BCUT2D eigenvalue weighted by Crippen LogP contribution is -1.81. The van der Waals surface area contributed by atoms with E-state index in [0.29, 0.717) is 0 Å². The Labute approximate surface area is 84.4 Å². The van der Waals surface area contributed by atoms with Gasteiger partial charge in [0.25, 0.3) is 0 Å². The number of hydrogen-bond donors (Lipinski definition) is 0. The predicted octanol–water partition coefficient (Wildman–Crippen LogP) is 3.19. The highest BCUT2D eigenvalue weighted by atomic mass is 79.9. The first-order valence-corrected chi connectivity index (χ1v) is 4.39. The van der Waals surface area contributed by atoms with E-state index in [1.165, 1.54) is 0 Å². The molecule has 0 bridgehead atoms. The van der Waals surface area contributed by atoms with Crippen LogP contribution < -0.4 is 4.74 Å². The smallest absolute Gasteiger partial charge is 0.120 e. The molecule has 2 nitrogen and oxygen atoms in total. The van der Waals surface area contributed by atoms with Crippen molar-refractivity contribution >= 4 is 39.0 Å². The maximum atomic E-state index is 5.01. The number of nitrogens with zero attached hydrogens (tertiary/aromatic N) is 1. The summed E-state index contributed by atoms with van der Waals surface area (Å²) < 4.78 is 5.86. The second kappa shape index (κ2) is 4.36. The summed E-state index contributed by atoms with van der Waals surface area (Å²) in [4.78, 5) is 3.84. The van der Waals surface area contributed by atoms with Gasteiger partial charge in [0.1, 0.15) is 5.75 Å². The van der Waals surface area contributed by atoms with Gasteiger partial charge in [-0.2, -0.15) is 4.99 Å². The molecule has 0 atom stereocenters. The van der Waals surface area contributed by atoms with Crippen LogP contribution >= 0.6 is 28.1 Å². The third-order valence-corrected chi connectivity index (χ3v) is 2.05. The second-order valence-electron chi connectivity index (χ2n) is 2.02. The van der Waals surface area contributed by atoms with E-state index in [0.717, 1.165) is 15.9 Å². The van der Waals surface area contributed by atoms with E-state index in [4.69, 9.17) is 4.74 Å². The number of methoxy groups -OCH3 is 1. The molecular formula is C8H6BrNOS. The molecule has 0 aliphatic heterocycles. The fourth-order valence-electron chi connectivity index (χ4n) is 0.754. The van der Waals surface area contributed by atoms with Crippen molar-refractivity contribution in [3.63, 3.8) is 0 Å². The zero-order valence-electron chi connectivity index (χ0n) is 6.37. The SMILES string of the molecule is COc1ccc(N=C=S)c(Br)c1. The molecule has 1 aromatic rings. The van der Waals surface area contributed by atoms with Crippen LogP contribution in [-0.2, 0) is 0 Å². The van der Waals surface area contributed by atoms with Crippen molar-refractivity contribution in [1.82, 2.24) is 0 Å². The average molecular weight is 244 g/mol. The van der Waals surface area contributed by atoms with Crippen molar-refractivity contribution in [2.45, 2.75) is 0 Å². The van der Waals surface area contributed by atoms with Crippen LogP contribution in [0.2, 0.25) is 0 Å². The van der Waals surface area contributed by atoms with E-state index in [1.54, 1.807) is 7.11 Å². The number of aliphatic imine (C=N–C) groups is 1. The third kappa shape index (κ3) is 2.14. The summed E-state index contributed by atoms with van der Waals surface area (Å²) in [6, 6.07) is 5.45. The van der Waals surface area contributed by atoms with Gasteiger partial charge >= 0.3 is 0 Å². The lowest BCUT2D eigenvalue weighted by atomic mass is 10.3. The van der Waals surface area contributed by atoms with Crippen LogP contribution in [0.3, 0.4) is 0 Å². The molecule has 1 aromatic carbocycles. The van der Waals surface area contributed by atoms with Gasteiger partial charge < -0.3 is 4.74 Å². The zero-order chi connectivity index (χ0) is 8.97. The predicted molar refractivity (Wildman–Crippen MR) is 55.4 cm³/mol. The Balaban J connectivity index is 3.11. The zero-order valence-corrected chi connectivity index (χ0v) is 8.78. The van der Waals surface area contributed by atoms with Crippen molar-refractivity contribution in [2.75, 3.05) is 7.11 Å². The topological polar surface area (TPSA) is 21.6 Å². The van der Waals surface area contributed by atoms with Gasteiger partial charge in [0.2, 0.25) is 0 Å². The minimum absolute atomic E-state index is 0.755. The van der Waals surface area contributed by atoms with Gasteiger partial charge in [0.15, 0.2) is 0 Å². The minimum atomic E-state index is 0.755. The molecule has 0 fully saturated rings. The van der Waals surface area contributed by atoms with Crippen LogP contribution in [0.25, 0.3) is 0 Å². The maximum Gasteiger partial charge on any atom is 0.120 e. The lowest BCUT2D eigenvalue weighted by molar-refractivity contribution is 0.414. The van der Waals surface area contributed by atoms with E-state index in [9.17, 15) is 0 Å². The molecule has 0 saturated carbocycles. The summed E-state index contributed by atoms with van der Waals surface area (Å²) in [6.07, 6.45) is 0. The number of isothiocyanates is 1. The van der Waals surface area contributed by atoms with E-state index in [1.807, 2.05) is 18.2 Å². The molecule has 0 spiro atoms. The van der Waals surface area contributed by atoms with Gasteiger partial charge in [-0.1, -0.05) is 0 Å². The summed E-state index contributed by atoms with van der Waals surface area (Å²) in [6.45, 7) is 0. The Morgan fingerprint density at radius 3 is 2.83 bits per heavy atom. The van der Waals surface area contributed by atoms with Crippen LogP contribution in [0.15, 0.2) is 27.7 Å². The molecule has 0 saturated heterocycles. The van der Waals surface area contributed by atoms with Gasteiger partial charge in [0.05, 0.1) is 18.0 Å². The Hall–Kier alpha value is -0.700. The van der Waals surface area contributed by atoms with Crippen LogP contribution in [0.4, 0.5) is 5.69 Å². The van der Waals surface area contributed by atoms with E-state index < -0.39 is 0 Å². The lowest BCUT2D eigenvalue weighted by Gasteiger charge is -2.00. The van der Waals surface area contributed by atoms with Gasteiger partial charge in [0, 0.05) is 4.47 Å². The van der Waals surface area contributed by atoms with E-state index in [-0.39, 0.29) is 0 Å². The van der Waals surface area contributed by atoms with Gasteiger partial charge in [-0.15, -0.1) is 0 Å². The monoisotopic (exact) mass is 243 g/mol. The first-order valence-electron chi connectivity index (χ1n) is 3.19. The van der Waals surface area contributed by atoms with Crippen LogP contribution in [0.5, 0.6) is 5.75 Å². The van der Waals surface area contributed by atoms with Crippen molar-refractivity contribution < 1.29 is 4.74 Å². The number of hydrogen-bond acceptors (Lipinski definition) is 3. The standard InChI is InChI=1S/C8H6BrNOS/c1-11-6-2-3-8(10-5-12)7(9)4-6/h2-4H,1H3. The number of benzene rings is 1. The summed E-state index contributed by atoms with van der Waals surface area (Å²) >= 11 is 7.81. The van der Waals surface area contributed by atoms with E-state index >= 15 is 0 Å². The number of rotatable bonds is 2. The van der Waals surface area contributed by atoms with Crippen LogP contribution in [0, 0.1) is 0 Å². The largest absolute Gasteiger partial charge is 0.497 e. The molecule has 0 N–H and O–H groups in total. The van der Waals surface area contributed by atoms with Crippen molar-refractivity contribution in [2.24, 2.45) is 4.99 Å².